The summed E-state index contributed by atoms with van der Waals surface area (Å²) in [4.78, 5) is 18.7. The topological polar surface area (TPSA) is 53.9 Å². The average molecular weight is 358 g/mol. The number of amides is 1. The first-order valence-corrected chi connectivity index (χ1v) is 8.43. The smallest absolute Gasteiger partial charge is 0.256 e. The van der Waals surface area contributed by atoms with Gasteiger partial charge in [0.1, 0.15) is 11.6 Å². The molecule has 0 fully saturated rings. The van der Waals surface area contributed by atoms with Gasteiger partial charge in [-0.3, -0.25) is 9.79 Å². The summed E-state index contributed by atoms with van der Waals surface area (Å²) >= 11 is 6.01. The molecule has 1 amide bonds. The maximum absolute atomic E-state index is 12.5. The molecule has 1 N–H and O–H groups in total. The molecule has 2 aromatic carbocycles. The van der Waals surface area contributed by atoms with Gasteiger partial charge >= 0.3 is 0 Å². The predicted octanol–water partition coefficient (Wildman–Crippen LogP) is 3.49. The van der Waals surface area contributed by atoms with Gasteiger partial charge in [0.05, 0.1) is 24.9 Å². The molecule has 0 bridgehead atoms. The quantitative estimate of drug-likeness (QED) is 0.911. The van der Waals surface area contributed by atoms with E-state index in [-0.39, 0.29) is 5.91 Å². The molecule has 0 saturated carbocycles. The number of hydrogen-bond acceptors (Lipinski definition) is 3. The van der Waals surface area contributed by atoms with Crippen molar-refractivity contribution in [3.8, 4) is 5.75 Å². The number of nitrogens with zero attached hydrogens (tertiary/aromatic N) is 2. The van der Waals surface area contributed by atoms with E-state index in [2.05, 4.69) is 10.3 Å². The Bertz CT molecular complexity index is 803. The minimum atomic E-state index is -0.0645. The first-order chi connectivity index (χ1) is 12.1. The summed E-state index contributed by atoms with van der Waals surface area (Å²) in [5.41, 5.74) is 2.49. The molecule has 1 aliphatic heterocycles. The summed E-state index contributed by atoms with van der Waals surface area (Å²) in [5.74, 6) is 1.55. The van der Waals surface area contributed by atoms with E-state index in [9.17, 15) is 4.79 Å². The zero-order valence-electron chi connectivity index (χ0n) is 14.3. The van der Waals surface area contributed by atoms with Crippen molar-refractivity contribution in [2.24, 2.45) is 4.99 Å². The third kappa shape index (κ3) is 4.12. The van der Waals surface area contributed by atoms with Crippen molar-refractivity contribution in [3.63, 3.8) is 0 Å². The van der Waals surface area contributed by atoms with E-state index >= 15 is 0 Å². The van der Waals surface area contributed by atoms with Crippen LogP contribution in [-0.2, 0) is 6.42 Å². The first kappa shape index (κ1) is 17.3. The minimum absolute atomic E-state index is 0.0645. The van der Waals surface area contributed by atoms with Crippen LogP contribution in [0.25, 0.3) is 0 Å². The van der Waals surface area contributed by atoms with Crippen molar-refractivity contribution in [2.45, 2.75) is 6.42 Å². The fourth-order valence-electron chi connectivity index (χ4n) is 2.70. The second-order valence-electron chi connectivity index (χ2n) is 5.90. The third-order valence-corrected chi connectivity index (χ3v) is 4.32. The molecule has 0 radical (unpaired) electrons. The lowest BCUT2D eigenvalue weighted by Gasteiger charge is -2.14. The fourth-order valence-corrected chi connectivity index (χ4v) is 2.87. The number of carbonyl (C=O) groups is 1. The third-order valence-electron chi connectivity index (χ3n) is 4.09. The normalized spacial score (nSPS) is 15.6. The number of hydrogen-bond donors (Lipinski definition) is 1. The van der Waals surface area contributed by atoms with Crippen LogP contribution in [0.1, 0.15) is 15.9 Å². The number of nitrogens with one attached hydrogen (secondary N) is 1. The van der Waals surface area contributed by atoms with Gasteiger partial charge < -0.3 is 15.0 Å². The Balaban J connectivity index is 1.72. The van der Waals surface area contributed by atoms with Gasteiger partial charge in [-0.25, -0.2) is 0 Å². The van der Waals surface area contributed by atoms with E-state index in [0.717, 1.165) is 23.7 Å². The highest BCUT2D eigenvalue weighted by atomic mass is 35.5. The van der Waals surface area contributed by atoms with Crippen LogP contribution in [-0.4, -0.2) is 43.9 Å². The largest absolute Gasteiger partial charge is 0.497 e. The highest BCUT2D eigenvalue weighted by Crippen LogP contribution is 2.24. The number of carbonyl (C=O) groups excluding carboxylic acids is 1. The molecule has 130 valence electrons. The molecule has 1 aliphatic rings. The zero-order chi connectivity index (χ0) is 17.8. The Morgan fingerprint density at radius 3 is 2.72 bits per heavy atom. The molecular weight excluding hydrogens is 338 g/mol. The maximum atomic E-state index is 12.5. The van der Waals surface area contributed by atoms with Gasteiger partial charge in [0.15, 0.2) is 0 Å². The molecule has 6 heteroatoms. The lowest BCUT2D eigenvalue weighted by Crippen LogP contribution is -2.31. The molecule has 0 saturated heterocycles. The zero-order valence-corrected chi connectivity index (χ0v) is 15.0. The number of anilines is 1. The fraction of sp³-hybridized carbons (Fsp3) is 0.263. The van der Waals surface area contributed by atoms with Gasteiger partial charge in [-0.05, 0) is 42.3 Å². The summed E-state index contributed by atoms with van der Waals surface area (Å²) in [5, 5.41) is 3.80. The second-order valence-corrected chi connectivity index (χ2v) is 6.34. The van der Waals surface area contributed by atoms with Crippen molar-refractivity contribution in [3.05, 3.63) is 58.6 Å². The highest BCUT2D eigenvalue weighted by Gasteiger charge is 2.22. The molecule has 2 aromatic rings. The second kappa shape index (κ2) is 7.57. The number of halogens is 1. The molecule has 25 heavy (non-hydrogen) atoms. The van der Waals surface area contributed by atoms with Gasteiger partial charge in [-0.1, -0.05) is 23.7 Å². The summed E-state index contributed by atoms with van der Waals surface area (Å²) in [6, 6.07) is 13.2. The molecule has 0 aliphatic carbocycles. The minimum Gasteiger partial charge on any atom is -0.497 e. The SMILES string of the molecule is COc1ccc(CCN=C2CN(C)C(=O)c3cc(Cl)ccc3N2)cc1. The monoisotopic (exact) mass is 357 g/mol. The number of rotatable bonds is 4. The maximum Gasteiger partial charge on any atom is 0.256 e. The summed E-state index contributed by atoms with van der Waals surface area (Å²) in [7, 11) is 3.42. The van der Waals surface area contributed by atoms with Crippen LogP contribution in [0.4, 0.5) is 5.69 Å². The number of ether oxygens (including phenoxy) is 1. The Morgan fingerprint density at radius 1 is 1.24 bits per heavy atom. The van der Waals surface area contributed by atoms with Crippen LogP contribution in [0.15, 0.2) is 47.5 Å². The Morgan fingerprint density at radius 2 is 2.00 bits per heavy atom. The average Bonchev–Trinajstić information content (AvgIpc) is 2.73. The summed E-state index contributed by atoms with van der Waals surface area (Å²) < 4.78 is 5.16. The van der Waals surface area contributed by atoms with Gasteiger partial charge in [-0.15, -0.1) is 0 Å². The molecule has 1 heterocycles. The van der Waals surface area contributed by atoms with E-state index in [1.165, 1.54) is 5.56 Å². The van der Waals surface area contributed by atoms with Crippen LogP contribution in [0.2, 0.25) is 5.02 Å². The van der Waals surface area contributed by atoms with Crippen molar-refractivity contribution in [1.29, 1.82) is 0 Å². The highest BCUT2D eigenvalue weighted by molar-refractivity contribution is 6.31. The number of amidine groups is 1. The van der Waals surface area contributed by atoms with Crippen molar-refractivity contribution >= 4 is 29.0 Å². The summed E-state index contributed by atoms with van der Waals surface area (Å²) in [6.07, 6.45) is 0.820. The van der Waals surface area contributed by atoms with Gasteiger partial charge in [-0.2, -0.15) is 0 Å². The Hall–Kier alpha value is -2.53. The van der Waals surface area contributed by atoms with E-state index in [0.29, 0.717) is 23.7 Å². The number of aliphatic imine (C=N–C) groups is 1. The Kier molecular flexibility index (Phi) is 5.24. The van der Waals surface area contributed by atoms with Crippen molar-refractivity contribution in [1.82, 2.24) is 4.90 Å². The number of methoxy groups -OCH3 is 1. The lowest BCUT2D eigenvalue weighted by molar-refractivity contribution is 0.0817. The first-order valence-electron chi connectivity index (χ1n) is 8.05. The standard InChI is InChI=1S/C19H20ClN3O2/c1-23-12-18(21-10-9-13-3-6-15(25-2)7-4-13)22-17-8-5-14(20)11-16(17)19(23)24/h3-8,11H,9-10,12H2,1-2H3,(H,21,22). The van der Waals surface area contributed by atoms with Crippen molar-refractivity contribution < 1.29 is 9.53 Å². The molecule has 0 spiro atoms. The van der Waals surface area contributed by atoms with Crippen LogP contribution < -0.4 is 10.1 Å². The number of fused-ring (bicyclic) bond motifs is 1. The van der Waals surface area contributed by atoms with Crippen LogP contribution in [0, 0.1) is 0 Å². The number of likely N-dealkylation sites (N-methyl/N-ethyl adjacent to an activating group) is 1. The van der Waals surface area contributed by atoms with Crippen LogP contribution in [0.5, 0.6) is 5.75 Å². The van der Waals surface area contributed by atoms with E-state index in [4.69, 9.17) is 16.3 Å². The lowest BCUT2D eigenvalue weighted by atomic mass is 10.1. The molecule has 0 aromatic heterocycles. The Labute approximate surface area is 152 Å². The molecule has 0 atom stereocenters. The number of benzene rings is 2. The van der Waals surface area contributed by atoms with Gasteiger partial charge in [0, 0.05) is 18.6 Å². The van der Waals surface area contributed by atoms with E-state index in [1.54, 1.807) is 31.2 Å². The van der Waals surface area contributed by atoms with E-state index < -0.39 is 0 Å². The molecule has 0 unspecified atom stereocenters. The summed E-state index contributed by atoms with van der Waals surface area (Å²) in [6.45, 7) is 1.08. The van der Waals surface area contributed by atoms with Gasteiger partial charge in [0.2, 0.25) is 0 Å². The molecule has 5 nitrogen and oxygen atoms in total. The van der Waals surface area contributed by atoms with Gasteiger partial charge in [0.25, 0.3) is 5.91 Å². The van der Waals surface area contributed by atoms with E-state index in [1.807, 2.05) is 30.3 Å². The molecular formula is C19H20ClN3O2. The van der Waals surface area contributed by atoms with Crippen LogP contribution in [0.3, 0.4) is 0 Å². The predicted molar refractivity (Wildman–Crippen MR) is 101 cm³/mol. The van der Waals surface area contributed by atoms with Crippen molar-refractivity contribution in [2.75, 3.05) is 32.6 Å². The van der Waals surface area contributed by atoms with Crippen LogP contribution >= 0.6 is 11.6 Å². The molecule has 3 rings (SSSR count).